The molecule has 1 atom stereocenters. The van der Waals surface area contributed by atoms with Crippen LogP contribution in [-0.2, 0) is 0 Å². The number of nitrogens with zero attached hydrogens (tertiary/aromatic N) is 1. The van der Waals surface area contributed by atoms with Crippen LogP contribution in [0.2, 0.25) is 0 Å². The Morgan fingerprint density at radius 2 is 1.88 bits per heavy atom. The van der Waals surface area contributed by atoms with Gasteiger partial charge in [-0.15, -0.1) is 0 Å². The van der Waals surface area contributed by atoms with Crippen LogP contribution in [0.5, 0.6) is 0 Å². The lowest BCUT2D eigenvalue weighted by molar-refractivity contribution is 0.0936. The molecule has 1 unspecified atom stereocenters. The number of nitrogens with one attached hydrogen (secondary N) is 1. The summed E-state index contributed by atoms with van der Waals surface area (Å²) >= 11 is 2.13. The predicted molar refractivity (Wildman–Crippen MR) is 73.2 cm³/mol. The van der Waals surface area contributed by atoms with Crippen LogP contribution in [0.25, 0.3) is 0 Å². The van der Waals surface area contributed by atoms with Gasteiger partial charge in [0, 0.05) is 31.7 Å². The molecule has 16 heavy (non-hydrogen) atoms. The van der Waals surface area contributed by atoms with E-state index >= 15 is 0 Å². The van der Waals surface area contributed by atoms with Gasteiger partial charge in [0.2, 0.25) is 0 Å². The second-order valence-electron chi connectivity index (χ2n) is 6.21. The molecule has 94 valence electrons. The van der Waals surface area contributed by atoms with Crippen LogP contribution >= 0.6 is 11.8 Å². The van der Waals surface area contributed by atoms with E-state index in [1.807, 2.05) is 0 Å². The van der Waals surface area contributed by atoms with E-state index in [2.05, 4.69) is 42.7 Å². The van der Waals surface area contributed by atoms with Crippen LogP contribution in [0, 0.1) is 5.41 Å². The van der Waals surface area contributed by atoms with E-state index in [0.29, 0.717) is 11.5 Å². The van der Waals surface area contributed by atoms with Gasteiger partial charge in [-0.3, -0.25) is 4.90 Å². The van der Waals surface area contributed by atoms with Crippen LogP contribution in [0.1, 0.15) is 33.6 Å². The molecule has 2 aliphatic heterocycles. The molecule has 0 aromatic carbocycles. The minimum atomic E-state index is 0.391. The first kappa shape index (κ1) is 12.7. The minimum absolute atomic E-state index is 0.391. The van der Waals surface area contributed by atoms with E-state index in [-0.39, 0.29) is 0 Å². The Morgan fingerprint density at radius 3 is 2.50 bits per heavy atom. The Balaban J connectivity index is 1.90. The Hall–Kier alpha value is 0.270. The van der Waals surface area contributed by atoms with E-state index in [1.165, 1.54) is 44.0 Å². The van der Waals surface area contributed by atoms with Crippen LogP contribution in [0.15, 0.2) is 0 Å². The van der Waals surface area contributed by atoms with Gasteiger partial charge in [0.25, 0.3) is 0 Å². The number of hydrogen-bond acceptors (Lipinski definition) is 3. The summed E-state index contributed by atoms with van der Waals surface area (Å²) in [5.74, 6) is 2.74. The zero-order valence-corrected chi connectivity index (χ0v) is 11.8. The van der Waals surface area contributed by atoms with Crippen molar-refractivity contribution in [1.29, 1.82) is 0 Å². The van der Waals surface area contributed by atoms with E-state index < -0.39 is 0 Å². The van der Waals surface area contributed by atoms with E-state index in [9.17, 15) is 0 Å². The van der Waals surface area contributed by atoms with Gasteiger partial charge in [-0.1, -0.05) is 20.8 Å². The fourth-order valence-corrected chi connectivity index (χ4v) is 3.82. The van der Waals surface area contributed by atoms with Crippen molar-refractivity contribution in [2.75, 3.05) is 31.1 Å². The van der Waals surface area contributed by atoms with Gasteiger partial charge >= 0.3 is 0 Å². The van der Waals surface area contributed by atoms with Crippen molar-refractivity contribution in [3.05, 3.63) is 0 Å². The second-order valence-corrected chi connectivity index (χ2v) is 7.44. The average molecular weight is 242 g/mol. The third-order valence-electron chi connectivity index (χ3n) is 3.96. The largest absolute Gasteiger partial charge is 0.311 e. The van der Waals surface area contributed by atoms with Gasteiger partial charge in [0.1, 0.15) is 0 Å². The zero-order valence-electron chi connectivity index (χ0n) is 11.0. The normalized spacial score (nSPS) is 30.6. The monoisotopic (exact) mass is 242 g/mol. The SMILES string of the molecule is CC(C)(C)C1CN(C2CCSCC2)CCN1. The van der Waals surface area contributed by atoms with Crippen molar-refractivity contribution >= 4 is 11.8 Å². The molecule has 2 fully saturated rings. The number of hydrogen-bond donors (Lipinski definition) is 1. The summed E-state index contributed by atoms with van der Waals surface area (Å²) in [5, 5.41) is 3.68. The molecule has 2 heterocycles. The first-order valence-corrected chi connectivity index (χ1v) is 7.78. The van der Waals surface area contributed by atoms with Gasteiger partial charge in [-0.2, -0.15) is 11.8 Å². The molecule has 0 saturated carbocycles. The summed E-state index contributed by atoms with van der Waals surface area (Å²) in [4.78, 5) is 2.74. The number of rotatable bonds is 1. The maximum absolute atomic E-state index is 3.68. The summed E-state index contributed by atoms with van der Waals surface area (Å²) in [6.07, 6.45) is 2.81. The Morgan fingerprint density at radius 1 is 1.19 bits per heavy atom. The molecule has 2 nitrogen and oxygen atoms in total. The molecule has 3 heteroatoms. The maximum atomic E-state index is 3.68. The van der Waals surface area contributed by atoms with Crippen molar-refractivity contribution < 1.29 is 0 Å². The summed E-state index contributed by atoms with van der Waals surface area (Å²) in [5.41, 5.74) is 0.391. The van der Waals surface area contributed by atoms with E-state index in [1.54, 1.807) is 0 Å². The predicted octanol–water partition coefficient (Wildman–Crippen LogP) is 2.20. The van der Waals surface area contributed by atoms with Crippen molar-refractivity contribution in [2.24, 2.45) is 5.41 Å². The van der Waals surface area contributed by atoms with E-state index in [4.69, 9.17) is 0 Å². The highest BCUT2D eigenvalue weighted by molar-refractivity contribution is 7.99. The molecule has 1 N–H and O–H groups in total. The first-order chi connectivity index (χ1) is 7.57. The topological polar surface area (TPSA) is 15.3 Å². The molecule has 0 spiro atoms. The molecular weight excluding hydrogens is 216 g/mol. The molecule has 0 aromatic rings. The first-order valence-electron chi connectivity index (χ1n) is 6.62. The fraction of sp³-hybridized carbons (Fsp3) is 1.00. The van der Waals surface area contributed by atoms with Crippen molar-refractivity contribution in [2.45, 2.75) is 45.7 Å². The van der Waals surface area contributed by atoms with E-state index in [0.717, 1.165) is 6.04 Å². The fourth-order valence-electron chi connectivity index (χ4n) is 2.73. The van der Waals surface area contributed by atoms with Gasteiger partial charge < -0.3 is 5.32 Å². The third-order valence-corrected chi connectivity index (χ3v) is 5.01. The number of piperazine rings is 1. The molecule has 0 amide bonds. The minimum Gasteiger partial charge on any atom is -0.311 e. The lowest BCUT2D eigenvalue weighted by atomic mass is 9.85. The van der Waals surface area contributed by atoms with Crippen molar-refractivity contribution in [3.63, 3.8) is 0 Å². The molecule has 0 radical (unpaired) electrons. The lowest BCUT2D eigenvalue weighted by Gasteiger charge is -2.44. The molecule has 2 aliphatic rings. The second kappa shape index (κ2) is 5.28. The Labute approximate surface area is 105 Å². The van der Waals surface area contributed by atoms with Crippen LogP contribution in [0.4, 0.5) is 0 Å². The number of thioether (sulfide) groups is 1. The molecule has 2 saturated heterocycles. The zero-order chi connectivity index (χ0) is 11.6. The quantitative estimate of drug-likeness (QED) is 0.759. The summed E-state index contributed by atoms with van der Waals surface area (Å²) < 4.78 is 0. The summed E-state index contributed by atoms with van der Waals surface area (Å²) in [6.45, 7) is 10.7. The van der Waals surface area contributed by atoms with Crippen LogP contribution in [0.3, 0.4) is 0 Å². The molecule has 0 bridgehead atoms. The van der Waals surface area contributed by atoms with Gasteiger partial charge in [0.15, 0.2) is 0 Å². The van der Waals surface area contributed by atoms with Gasteiger partial charge in [0.05, 0.1) is 0 Å². The highest BCUT2D eigenvalue weighted by Gasteiger charge is 2.32. The molecule has 0 aliphatic carbocycles. The summed E-state index contributed by atoms with van der Waals surface area (Å²) in [6, 6.07) is 1.53. The Bertz CT molecular complexity index is 218. The average Bonchev–Trinajstić information content (AvgIpc) is 2.29. The highest BCUT2D eigenvalue weighted by Crippen LogP contribution is 2.26. The standard InChI is InChI=1S/C13H26N2S/c1-13(2,3)12-10-15(7-6-14-12)11-4-8-16-9-5-11/h11-12,14H,4-10H2,1-3H3. The smallest absolute Gasteiger partial charge is 0.0244 e. The van der Waals surface area contributed by atoms with Gasteiger partial charge in [-0.05, 0) is 29.8 Å². The van der Waals surface area contributed by atoms with Crippen LogP contribution < -0.4 is 5.32 Å². The van der Waals surface area contributed by atoms with Crippen molar-refractivity contribution in [1.82, 2.24) is 10.2 Å². The Kier molecular flexibility index (Phi) is 4.20. The van der Waals surface area contributed by atoms with Crippen molar-refractivity contribution in [3.8, 4) is 0 Å². The lowest BCUT2D eigenvalue weighted by Crippen LogP contribution is -2.58. The third kappa shape index (κ3) is 3.14. The molecular formula is C13H26N2S. The molecule has 2 rings (SSSR count). The van der Waals surface area contributed by atoms with Gasteiger partial charge in [-0.25, -0.2) is 0 Å². The molecule has 0 aromatic heterocycles. The van der Waals surface area contributed by atoms with Crippen LogP contribution in [-0.4, -0.2) is 48.1 Å². The maximum Gasteiger partial charge on any atom is 0.0244 e. The highest BCUT2D eigenvalue weighted by atomic mass is 32.2. The summed E-state index contributed by atoms with van der Waals surface area (Å²) in [7, 11) is 0.